The highest BCUT2D eigenvalue weighted by molar-refractivity contribution is 9.10. The van der Waals surface area contributed by atoms with Crippen LogP contribution < -0.4 is 4.74 Å². The summed E-state index contributed by atoms with van der Waals surface area (Å²) in [6, 6.07) is 24.2. The van der Waals surface area contributed by atoms with Crippen molar-refractivity contribution in [2.75, 3.05) is 12.4 Å². The van der Waals surface area contributed by atoms with E-state index in [-0.39, 0.29) is 6.61 Å². The van der Waals surface area contributed by atoms with Crippen molar-refractivity contribution < 1.29 is 14.6 Å². The monoisotopic (exact) mass is 532 g/mol. The maximum atomic E-state index is 10.7. The minimum atomic E-state index is -0.999. The highest BCUT2D eigenvalue weighted by Crippen LogP contribution is 2.33. The topological polar surface area (TPSA) is 46.5 Å². The molecule has 148 valence electrons. The lowest BCUT2D eigenvalue weighted by atomic mass is 9.98. The van der Waals surface area contributed by atoms with Crippen LogP contribution in [0.3, 0.4) is 0 Å². The van der Waals surface area contributed by atoms with Gasteiger partial charge in [-0.05, 0) is 56.9 Å². The van der Waals surface area contributed by atoms with Crippen molar-refractivity contribution >= 4 is 55.2 Å². The summed E-state index contributed by atoms with van der Waals surface area (Å²) in [6.45, 7) is -0.361. The van der Waals surface area contributed by atoms with Gasteiger partial charge in [0, 0.05) is 15.1 Å². The Balaban J connectivity index is 1.78. The summed E-state index contributed by atoms with van der Waals surface area (Å²) in [5, 5.41) is 8.74. The standard InChI is InChI=1S/C23H18Br2O3S/c24-20-9-5-4-8-19(20)18(16-6-2-1-3-7-16)12-13-29-17-10-11-22(21(25)14-17)28-15-23(26)27/h1-12,14H,13,15H2,(H,26,27). The minimum absolute atomic E-state index is 0.361. The molecule has 0 amide bonds. The second-order valence-electron chi connectivity index (χ2n) is 6.05. The molecule has 6 heteroatoms. The number of hydrogen-bond acceptors (Lipinski definition) is 3. The zero-order valence-corrected chi connectivity index (χ0v) is 19.3. The van der Waals surface area contributed by atoms with Crippen LogP contribution in [-0.2, 0) is 4.79 Å². The Kier molecular flexibility index (Phi) is 7.98. The van der Waals surface area contributed by atoms with Crippen molar-refractivity contribution in [3.63, 3.8) is 0 Å². The van der Waals surface area contributed by atoms with E-state index in [0.717, 1.165) is 25.2 Å². The van der Waals surface area contributed by atoms with Gasteiger partial charge in [0.25, 0.3) is 0 Å². The largest absolute Gasteiger partial charge is 0.481 e. The summed E-state index contributed by atoms with van der Waals surface area (Å²) in [7, 11) is 0. The van der Waals surface area contributed by atoms with E-state index in [1.165, 1.54) is 11.1 Å². The van der Waals surface area contributed by atoms with Gasteiger partial charge in [-0.15, -0.1) is 11.8 Å². The van der Waals surface area contributed by atoms with Crippen molar-refractivity contribution in [3.05, 3.63) is 98.9 Å². The Morgan fingerprint density at radius 1 is 0.966 bits per heavy atom. The lowest BCUT2D eigenvalue weighted by molar-refractivity contribution is -0.139. The second-order valence-corrected chi connectivity index (χ2v) is 8.85. The fourth-order valence-corrected chi connectivity index (χ4v) is 4.68. The number of carboxylic acid groups (broad SMARTS) is 1. The average Bonchev–Trinajstić information content (AvgIpc) is 2.72. The molecule has 1 N–H and O–H groups in total. The molecule has 0 saturated heterocycles. The van der Waals surface area contributed by atoms with E-state index in [1.54, 1.807) is 17.8 Å². The van der Waals surface area contributed by atoms with Gasteiger partial charge in [-0.2, -0.15) is 0 Å². The predicted octanol–water partition coefficient (Wildman–Crippen LogP) is 6.90. The van der Waals surface area contributed by atoms with E-state index in [4.69, 9.17) is 9.84 Å². The van der Waals surface area contributed by atoms with Crippen LogP contribution >= 0.6 is 43.6 Å². The van der Waals surface area contributed by atoms with Crippen molar-refractivity contribution in [1.82, 2.24) is 0 Å². The summed E-state index contributed by atoms with van der Waals surface area (Å²) in [5.74, 6) is 0.305. The first kappa shape index (κ1) is 21.7. The fourth-order valence-electron chi connectivity index (χ4n) is 2.73. The van der Waals surface area contributed by atoms with Crippen LogP contribution in [0.1, 0.15) is 11.1 Å². The SMILES string of the molecule is O=C(O)COc1ccc(SCC=C(c2ccccc2)c2ccccc2Br)cc1Br. The molecule has 0 aliphatic heterocycles. The Morgan fingerprint density at radius 2 is 1.69 bits per heavy atom. The molecular weight excluding hydrogens is 516 g/mol. The molecule has 0 spiro atoms. The molecule has 0 aliphatic rings. The lowest BCUT2D eigenvalue weighted by Crippen LogP contribution is -2.09. The molecule has 3 aromatic rings. The van der Waals surface area contributed by atoms with Gasteiger partial charge in [0.05, 0.1) is 4.47 Å². The molecule has 0 fully saturated rings. The molecule has 29 heavy (non-hydrogen) atoms. The highest BCUT2D eigenvalue weighted by Gasteiger charge is 2.09. The molecule has 0 atom stereocenters. The Hall–Kier alpha value is -2.02. The first-order valence-corrected chi connectivity index (χ1v) is 11.4. The number of aliphatic carboxylic acids is 1. The van der Waals surface area contributed by atoms with Gasteiger partial charge in [-0.25, -0.2) is 4.79 Å². The summed E-state index contributed by atoms with van der Waals surface area (Å²) in [4.78, 5) is 11.7. The predicted molar refractivity (Wildman–Crippen MR) is 126 cm³/mol. The van der Waals surface area contributed by atoms with E-state index in [9.17, 15) is 4.79 Å². The Bertz CT molecular complexity index is 1020. The number of carboxylic acids is 1. The van der Waals surface area contributed by atoms with E-state index in [2.05, 4.69) is 56.1 Å². The number of rotatable bonds is 8. The maximum Gasteiger partial charge on any atom is 0.341 e. The van der Waals surface area contributed by atoms with Crippen LogP contribution in [0, 0.1) is 0 Å². The average molecular weight is 534 g/mol. The highest BCUT2D eigenvalue weighted by atomic mass is 79.9. The smallest absolute Gasteiger partial charge is 0.341 e. The third-order valence-corrected chi connectivity index (χ3v) is 6.27. The first-order valence-electron chi connectivity index (χ1n) is 8.82. The summed E-state index contributed by atoms with van der Waals surface area (Å²) in [5.41, 5.74) is 3.49. The molecule has 3 aromatic carbocycles. The quantitative estimate of drug-likeness (QED) is 0.320. The van der Waals surface area contributed by atoms with Gasteiger partial charge in [-0.3, -0.25) is 0 Å². The number of ether oxygens (including phenoxy) is 1. The molecular formula is C23H18Br2O3S. The van der Waals surface area contributed by atoms with Gasteiger partial charge in [0.2, 0.25) is 0 Å². The summed E-state index contributed by atoms with van der Waals surface area (Å²) < 4.78 is 7.05. The number of hydrogen-bond donors (Lipinski definition) is 1. The van der Waals surface area contributed by atoms with Crippen LogP contribution in [0.25, 0.3) is 5.57 Å². The third kappa shape index (κ3) is 6.23. The minimum Gasteiger partial charge on any atom is -0.481 e. The zero-order valence-electron chi connectivity index (χ0n) is 15.3. The number of benzene rings is 3. The number of thioether (sulfide) groups is 1. The molecule has 0 radical (unpaired) electrons. The molecule has 0 saturated carbocycles. The molecule has 3 rings (SSSR count). The summed E-state index contributed by atoms with van der Waals surface area (Å²) >= 11 is 8.81. The number of halogens is 2. The van der Waals surface area contributed by atoms with Gasteiger partial charge in [0.15, 0.2) is 6.61 Å². The fraction of sp³-hybridized carbons (Fsp3) is 0.0870. The van der Waals surface area contributed by atoms with Crippen molar-refractivity contribution in [2.24, 2.45) is 0 Å². The van der Waals surface area contributed by atoms with Crippen LogP contribution in [0.4, 0.5) is 0 Å². The molecule has 0 bridgehead atoms. The molecule has 0 aliphatic carbocycles. The normalized spacial score (nSPS) is 11.3. The van der Waals surface area contributed by atoms with E-state index in [1.807, 2.05) is 48.5 Å². The van der Waals surface area contributed by atoms with E-state index >= 15 is 0 Å². The van der Waals surface area contributed by atoms with Crippen LogP contribution in [-0.4, -0.2) is 23.4 Å². The second kappa shape index (κ2) is 10.7. The molecule has 0 aromatic heterocycles. The van der Waals surface area contributed by atoms with Crippen molar-refractivity contribution in [3.8, 4) is 5.75 Å². The van der Waals surface area contributed by atoms with Crippen molar-refractivity contribution in [1.29, 1.82) is 0 Å². The zero-order chi connectivity index (χ0) is 20.6. The maximum absolute atomic E-state index is 10.7. The Morgan fingerprint density at radius 3 is 2.38 bits per heavy atom. The molecule has 0 heterocycles. The van der Waals surface area contributed by atoms with E-state index < -0.39 is 5.97 Å². The number of carbonyl (C=O) groups is 1. The Labute approximate surface area is 191 Å². The first-order chi connectivity index (χ1) is 14.0. The van der Waals surface area contributed by atoms with Crippen LogP contribution in [0.2, 0.25) is 0 Å². The lowest BCUT2D eigenvalue weighted by Gasteiger charge is -2.11. The van der Waals surface area contributed by atoms with Crippen LogP contribution in [0.5, 0.6) is 5.75 Å². The third-order valence-electron chi connectivity index (χ3n) is 4.04. The van der Waals surface area contributed by atoms with Gasteiger partial charge in [-0.1, -0.05) is 70.5 Å². The van der Waals surface area contributed by atoms with Gasteiger partial charge >= 0.3 is 5.97 Å². The van der Waals surface area contributed by atoms with Crippen molar-refractivity contribution in [2.45, 2.75) is 4.90 Å². The molecule has 3 nitrogen and oxygen atoms in total. The molecule has 0 unspecified atom stereocenters. The van der Waals surface area contributed by atoms with Crippen LogP contribution in [0.15, 0.2) is 92.7 Å². The van der Waals surface area contributed by atoms with Gasteiger partial charge < -0.3 is 9.84 Å². The summed E-state index contributed by atoms with van der Waals surface area (Å²) in [6.07, 6.45) is 2.23. The van der Waals surface area contributed by atoms with E-state index in [0.29, 0.717) is 5.75 Å². The van der Waals surface area contributed by atoms with Gasteiger partial charge in [0.1, 0.15) is 5.75 Å².